The molecule has 98 valence electrons. The molecule has 0 radical (unpaired) electrons. The lowest BCUT2D eigenvalue weighted by Gasteiger charge is -2.30. The van der Waals surface area contributed by atoms with Crippen LogP contribution in [0, 0.1) is 0 Å². The van der Waals surface area contributed by atoms with Crippen LogP contribution in [0.3, 0.4) is 0 Å². The van der Waals surface area contributed by atoms with Crippen LogP contribution in [0.1, 0.15) is 19.4 Å². The van der Waals surface area contributed by atoms with Gasteiger partial charge in [0.25, 0.3) is 0 Å². The lowest BCUT2D eigenvalue weighted by atomic mass is 10.0. The van der Waals surface area contributed by atoms with Gasteiger partial charge in [-0.25, -0.2) is 4.79 Å². The Morgan fingerprint density at radius 1 is 1.44 bits per heavy atom. The molecule has 1 amide bonds. The maximum atomic E-state index is 11.1. The van der Waals surface area contributed by atoms with Gasteiger partial charge in [0, 0.05) is 10.5 Å². The third-order valence-corrected chi connectivity index (χ3v) is 4.09. The third kappa shape index (κ3) is 4.07. The molecular formula is C13H17NO3S. The highest BCUT2D eigenvalue weighted by Gasteiger charge is 2.35. The van der Waals surface area contributed by atoms with Gasteiger partial charge in [-0.1, -0.05) is 30.3 Å². The number of nitrogens with one attached hydrogen (secondary N) is 1. The molecule has 0 saturated heterocycles. The number of aliphatic carboxylic acids is 1. The maximum absolute atomic E-state index is 11.1. The Kier molecular flexibility index (Phi) is 5.22. The number of rotatable bonds is 7. The summed E-state index contributed by atoms with van der Waals surface area (Å²) < 4.78 is -0.581. The SMILES string of the molecule is CC(C)(SCc1ccccc1)C(NC=O)C(=O)O. The second kappa shape index (κ2) is 6.44. The molecule has 0 aromatic heterocycles. The Balaban J connectivity index is 2.67. The van der Waals surface area contributed by atoms with Crippen molar-refractivity contribution < 1.29 is 14.7 Å². The average molecular weight is 267 g/mol. The van der Waals surface area contributed by atoms with E-state index in [-0.39, 0.29) is 0 Å². The number of hydrogen-bond donors (Lipinski definition) is 2. The first-order valence-corrected chi connectivity index (χ1v) is 6.56. The van der Waals surface area contributed by atoms with E-state index in [1.54, 1.807) is 0 Å². The van der Waals surface area contributed by atoms with Crippen molar-refractivity contribution in [3.8, 4) is 0 Å². The smallest absolute Gasteiger partial charge is 0.327 e. The summed E-state index contributed by atoms with van der Waals surface area (Å²) in [6.45, 7) is 3.63. The molecule has 0 aliphatic heterocycles. The Hall–Kier alpha value is -1.49. The summed E-state index contributed by atoms with van der Waals surface area (Å²) in [5.41, 5.74) is 1.13. The highest BCUT2D eigenvalue weighted by Crippen LogP contribution is 2.31. The van der Waals surface area contributed by atoms with E-state index < -0.39 is 16.8 Å². The first-order chi connectivity index (χ1) is 8.47. The molecule has 2 N–H and O–H groups in total. The second-order valence-electron chi connectivity index (χ2n) is 4.43. The molecule has 4 nitrogen and oxygen atoms in total. The molecule has 0 aliphatic carbocycles. The minimum atomic E-state index is -1.02. The Morgan fingerprint density at radius 3 is 2.56 bits per heavy atom. The van der Waals surface area contributed by atoms with E-state index in [1.807, 2.05) is 44.2 Å². The minimum absolute atomic E-state index is 0.434. The summed E-state index contributed by atoms with van der Waals surface area (Å²) >= 11 is 1.51. The molecule has 0 saturated carbocycles. The van der Waals surface area contributed by atoms with Crippen molar-refractivity contribution in [1.29, 1.82) is 0 Å². The summed E-state index contributed by atoms with van der Waals surface area (Å²) in [6.07, 6.45) is 0.434. The van der Waals surface area contributed by atoms with E-state index in [2.05, 4.69) is 5.32 Å². The van der Waals surface area contributed by atoms with Crippen LogP contribution in [0.2, 0.25) is 0 Å². The van der Waals surface area contributed by atoms with Crippen molar-refractivity contribution in [1.82, 2.24) is 5.32 Å². The summed E-state index contributed by atoms with van der Waals surface area (Å²) in [5.74, 6) is -0.314. The number of carboxylic acids is 1. The maximum Gasteiger partial charge on any atom is 0.327 e. The minimum Gasteiger partial charge on any atom is -0.480 e. The summed E-state index contributed by atoms with van der Waals surface area (Å²) in [7, 11) is 0. The van der Waals surface area contributed by atoms with Crippen LogP contribution in [0.4, 0.5) is 0 Å². The molecule has 0 fully saturated rings. The van der Waals surface area contributed by atoms with E-state index in [0.717, 1.165) is 5.56 Å². The summed E-state index contributed by atoms with van der Waals surface area (Å²) in [6, 6.07) is 8.91. The van der Waals surface area contributed by atoms with Gasteiger partial charge >= 0.3 is 5.97 Å². The molecule has 1 rings (SSSR count). The fourth-order valence-electron chi connectivity index (χ4n) is 1.56. The van der Waals surface area contributed by atoms with Gasteiger partial charge in [0.1, 0.15) is 6.04 Å². The molecule has 18 heavy (non-hydrogen) atoms. The van der Waals surface area contributed by atoms with Crippen molar-refractivity contribution in [3.05, 3.63) is 35.9 Å². The summed E-state index contributed by atoms with van der Waals surface area (Å²) in [5, 5.41) is 11.5. The van der Waals surface area contributed by atoms with E-state index in [4.69, 9.17) is 5.11 Å². The van der Waals surface area contributed by atoms with Gasteiger partial charge in [-0.15, -0.1) is 11.8 Å². The van der Waals surface area contributed by atoms with Crippen LogP contribution in [0.5, 0.6) is 0 Å². The normalized spacial score (nSPS) is 12.8. The molecule has 0 spiro atoms. The standard InChI is InChI=1S/C13H17NO3S/c1-13(2,11(12(16)17)14-9-15)18-8-10-6-4-3-5-7-10/h3-7,9,11H,8H2,1-2H3,(H,14,15)(H,16,17). The predicted octanol–water partition coefficient (Wildman–Crippen LogP) is 1.90. The molecule has 1 unspecified atom stereocenters. The number of benzene rings is 1. The van der Waals surface area contributed by atoms with Crippen molar-refractivity contribution >= 4 is 24.1 Å². The first-order valence-electron chi connectivity index (χ1n) is 5.58. The van der Waals surface area contributed by atoms with Crippen molar-refractivity contribution in [2.24, 2.45) is 0 Å². The molecule has 0 heterocycles. The fourth-order valence-corrected chi connectivity index (χ4v) is 2.63. The number of thioether (sulfide) groups is 1. The van der Waals surface area contributed by atoms with E-state index in [1.165, 1.54) is 11.8 Å². The number of hydrogen-bond acceptors (Lipinski definition) is 3. The average Bonchev–Trinajstić information content (AvgIpc) is 2.34. The van der Waals surface area contributed by atoms with Gasteiger partial charge in [-0.2, -0.15) is 0 Å². The van der Waals surface area contributed by atoms with E-state index in [0.29, 0.717) is 12.2 Å². The van der Waals surface area contributed by atoms with Gasteiger partial charge in [0.2, 0.25) is 6.41 Å². The molecule has 0 bridgehead atoms. The lowest BCUT2D eigenvalue weighted by molar-refractivity contribution is -0.141. The van der Waals surface area contributed by atoms with E-state index in [9.17, 15) is 9.59 Å². The van der Waals surface area contributed by atoms with Gasteiger partial charge in [-0.05, 0) is 19.4 Å². The van der Waals surface area contributed by atoms with Crippen LogP contribution in [0.25, 0.3) is 0 Å². The highest BCUT2D eigenvalue weighted by molar-refractivity contribution is 7.99. The number of amides is 1. The van der Waals surface area contributed by atoms with Crippen LogP contribution >= 0.6 is 11.8 Å². The molecule has 1 atom stereocenters. The second-order valence-corrected chi connectivity index (χ2v) is 6.06. The monoisotopic (exact) mass is 267 g/mol. The number of carbonyl (C=O) groups excluding carboxylic acids is 1. The quantitative estimate of drug-likeness (QED) is 0.740. The zero-order valence-electron chi connectivity index (χ0n) is 10.4. The predicted molar refractivity (Wildman–Crippen MR) is 72.4 cm³/mol. The van der Waals surface area contributed by atoms with Crippen molar-refractivity contribution in [2.45, 2.75) is 30.4 Å². The Labute approximate surface area is 111 Å². The zero-order chi connectivity index (χ0) is 13.6. The first kappa shape index (κ1) is 14.6. The molecule has 5 heteroatoms. The Bertz CT molecular complexity index is 406. The number of carbonyl (C=O) groups is 2. The van der Waals surface area contributed by atoms with Crippen LogP contribution in [-0.4, -0.2) is 28.3 Å². The highest BCUT2D eigenvalue weighted by atomic mass is 32.2. The van der Waals surface area contributed by atoms with Crippen LogP contribution in [-0.2, 0) is 15.3 Å². The largest absolute Gasteiger partial charge is 0.480 e. The zero-order valence-corrected chi connectivity index (χ0v) is 11.2. The Morgan fingerprint density at radius 2 is 2.06 bits per heavy atom. The molecule has 1 aromatic carbocycles. The van der Waals surface area contributed by atoms with Crippen molar-refractivity contribution in [3.63, 3.8) is 0 Å². The van der Waals surface area contributed by atoms with E-state index >= 15 is 0 Å². The van der Waals surface area contributed by atoms with Gasteiger partial charge in [0.15, 0.2) is 0 Å². The lowest BCUT2D eigenvalue weighted by Crippen LogP contribution is -2.49. The van der Waals surface area contributed by atoms with Crippen molar-refractivity contribution in [2.75, 3.05) is 0 Å². The molecular weight excluding hydrogens is 250 g/mol. The molecule has 0 aliphatic rings. The molecule has 1 aromatic rings. The van der Waals surface area contributed by atoms with Gasteiger partial charge in [0.05, 0.1) is 0 Å². The summed E-state index contributed by atoms with van der Waals surface area (Å²) in [4.78, 5) is 21.6. The topological polar surface area (TPSA) is 66.4 Å². The van der Waals surface area contributed by atoms with Gasteiger partial charge in [-0.3, -0.25) is 4.79 Å². The third-order valence-electron chi connectivity index (χ3n) is 2.63. The number of carboxylic acid groups (broad SMARTS) is 1. The van der Waals surface area contributed by atoms with Crippen LogP contribution in [0.15, 0.2) is 30.3 Å². The fraction of sp³-hybridized carbons (Fsp3) is 0.385. The van der Waals surface area contributed by atoms with Crippen LogP contribution < -0.4 is 5.32 Å². The van der Waals surface area contributed by atoms with Gasteiger partial charge < -0.3 is 10.4 Å².